The quantitative estimate of drug-likeness (QED) is 0.785. The van der Waals surface area contributed by atoms with Crippen LogP contribution in [0, 0.1) is 13.8 Å². The van der Waals surface area contributed by atoms with Crippen LogP contribution in [0.5, 0.6) is 0 Å². The zero-order chi connectivity index (χ0) is 12.3. The molecular formula is C11H15ClN4S. The minimum Gasteiger partial charge on any atom is -0.250 e. The first-order valence-electron chi connectivity index (χ1n) is 5.56. The van der Waals surface area contributed by atoms with Gasteiger partial charge >= 0.3 is 0 Å². The van der Waals surface area contributed by atoms with Crippen molar-refractivity contribution >= 4 is 22.9 Å². The first-order valence-corrected chi connectivity index (χ1v) is 6.97. The molecule has 0 saturated carbocycles. The molecular weight excluding hydrogens is 256 g/mol. The summed E-state index contributed by atoms with van der Waals surface area (Å²) in [4.78, 5) is 8.70. The highest BCUT2D eigenvalue weighted by Crippen LogP contribution is 2.13. The molecule has 0 N–H and O–H groups in total. The smallest absolute Gasteiger partial charge is 0.147 e. The van der Waals surface area contributed by atoms with Crippen molar-refractivity contribution in [3.8, 4) is 0 Å². The van der Waals surface area contributed by atoms with Gasteiger partial charge in [0.05, 0.1) is 16.6 Å². The van der Waals surface area contributed by atoms with Crippen LogP contribution in [0.3, 0.4) is 0 Å². The highest BCUT2D eigenvalue weighted by Gasteiger charge is 2.04. The zero-order valence-electron chi connectivity index (χ0n) is 9.98. The fourth-order valence-corrected chi connectivity index (χ4v) is 2.75. The number of thiazole rings is 1. The molecule has 0 saturated heterocycles. The van der Waals surface area contributed by atoms with Gasteiger partial charge in [0, 0.05) is 18.3 Å². The van der Waals surface area contributed by atoms with Crippen molar-refractivity contribution in [3.05, 3.63) is 27.7 Å². The number of nitrogens with zero attached hydrogens (tertiary/aromatic N) is 4. The number of aromatic nitrogens is 4. The van der Waals surface area contributed by atoms with Crippen molar-refractivity contribution < 1.29 is 0 Å². The average molecular weight is 271 g/mol. The molecule has 2 rings (SSSR count). The fraction of sp³-hybridized carbons (Fsp3) is 0.545. The van der Waals surface area contributed by atoms with E-state index >= 15 is 0 Å². The third-order valence-corrected chi connectivity index (χ3v) is 3.69. The summed E-state index contributed by atoms with van der Waals surface area (Å²) in [7, 11) is 0. The molecule has 0 aliphatic carbocycles. The first kappa shape index (κ1) is 12.5. The largest absolute Gasteiger partial charge is 0.250 e. The third-order valence-electron chi connectivity index (χ3n) is 2.46. The monoisotopic (exact) mass is 270 g/mol. The van der Waals surface area contributed by atoms with Gasteiger partial charge in [0.1, 0.15) is 11.6 Å². The minimum absolute atomic E-state index is 0.498. The molecule has 6 heteroatoms. The van der Waals surface area contributed by atoms with E-state index in [0.717, 1.165) is 41.7 Å². The van der Waals surface area contributed by atoms with E-state index in [1.54, 1.807) is 11.3 Å². The van der Waals surface area contributed by atoms with E-state index in [9.17, 15) is 0 Å². The second-order valence-corrected chi connectivity index (χ2v) is 5.11. The van der Waals surface area contributed by atoms with Gasteiger partial charge in [-0.3, -0.25) is 4.68 Å². The Morgan fingerprint density at radius 3 is 2.76 bits per heavy atom. The number of alkyl halides is 1. The minimum atomic E-state index is 0.498. The van der Waals surface area contributed by atoms with Crippen molar-refractivity contribution in [2.45, 2.75) is 39.1 Å². The summed E-state index contributed by atoms with van der Waals surface area (Å²) >= 11 is 7.39. The van der Waals surface area contributed by atoms with Crippen LogP contribution in [0.2, 0.25) is 0 Å². The average Bonchev–Trinajstić information content (AvgIpc) is 2.86. The molecule has 0 aliphatic rings. The van der Waals surface area contributed by atoms with Crippen LogP contribution in [-0.2, 0) is 18.8 Å². The molecule has 0 unspecified atom stereocenters. The summed E-state index contributed by atoms with van der Waals surface area (Å²) < 4.78 is 1.95. The van der Waals surface area contributed by atoms with Gasteiger partial charge in [-0.15, -0.1) is 22.9 Å². The van der Waals surface area contributed by atoms with E-state index in [-0.39, 0.29) is 0 Å². The number of hydrogen-bond acceptors (Lipinski definition) is 4. The molecule has 92 valence electrons. The molecule has 0 bridgehead atoms. The van der Waals surface area contributed by atoms with Crippen molar-refractivity contribution in [1.82, 2.24) is 19.7 Å². The Labute approximate surface area is 110 Å². The highest BCUT2D eigenvalue weighted by atomic mass is 35.5. The predicted molar refractivity (Wildman–Crippen MR) is 69.5 cm³/mol. The maximum Gasteiger partial charge on any atom is 0.147 e. The van der Waals surface area contributed by atoms with Crippen LogP contribution in [0.4, 0.5) is 0 Å². The van der Waals surface area contributed by atoms with Gasteiger partial charge in [-0.25, -0.2) is 9.97 Å². The number of hydrogen-bond donors (Lipinski definition) is 0. The van der Waals surface area contributed by atoms with Gasteiger partial charge in [0.2, 0.25) is 0 Å². The van der Waals surface area contributed by atoms with Gasteiger partial charge in [-0.05, 0) is 20.3 Å². The third kappa shape index (κ3) is 3.26. The van der Waals surface area contributed by atoms with Crippen molar-refractivity contribution in [2.24, 2.45) is 0 Å². The molecule has 17 heavy (non-hydrogen) atoms. The molecule has 0 spiro atoms. The topological polar surface area (TPSA) is 43.6 Å². The Morgan fingerprint density at radius 1 is 1.35 bits per heavy atom. The molecule has 0 radical (unpaired) electrons. The number of halogens is 1. The fourth-order valence-electron chi connectivity index (χ4n) is 1.68. The van der Waals surface area contributed by atoms with E-state index in [2.05, 4.69) is 15.1 Å². The lowest BCUT2D eigenvalue weighted by atomic mass is 10.3. The normalized spacial score (nSPS) is 11.0. The zero-order valence-corrected chi connectivity index (χ0v) is 11.6. The second-order valence-electron chi connectivity index (χ2n) is 3.90. The predicted octanol–water partition coefficient (Wildman–Crippen LogP) is 2.72. The van der Waals surface area contributed by atoms with Crippen LogP contribution in [0.25, 0.3) is 0 Å². The Balaban J connectivity index is 1.85. The molecule has 0 atom stereocenters. The Morgan fingerprint density at radius 2 is 2.18 bits per heavy atom. The standard InChI is InChI=1S/C11H15ClN4S/c1-8-13-9(2)16(15-8)5-3-4-11-14-10(6-12)7-17-11/h7H,3-6H2,1-2H3. The summed E-state index contributed by atoms with van der Waals surface area (Å²) in [5, 5.41) is 7.50. The van der Waals surface area contributed by atoms with E-state index < -0.39 is 0 Å². The molecule has 0 aromatic carbocycles. The Hall–Kier alpha value is -0.940. The molecule has 0 aliphatic heterocycles. The second kappa shape index (κ2) is 5.60. The molecule has 2 aromatic heterocycles. The van der Waals surface area contributed by atoms with Gasteiger partial charge in [-0.1, -0.05) is 0 Å². The summed E-state index contributed by atoms with van der Waals surface area (Å²) in [5.41, 5.74) is 0.972. The maximum atomic E-state index is 5.72. The number of aryl methyl sites for hydroxylation is 4. The van der Waals surface area contributed by atoms with Crippen molar-refractivity contribution in [1.29, 1.82) is 0 Å². The summed E-state index contributed by atoms with van der Waals surface area (Å²) in [5.74, 6) is 2.31. The summed E-state index contributed by atoms with van der Waals surface area (Å²) in [6, 6.07) is 0. The SMILES string of the molecule is Cc1nc(C)n(CCCc2nc(CCl)cs2)n1. The van der Waals surface area contributed by atoms with E-state index in [0.29, 0.717) is 5.88 Å². The summed E-state index contributed by atoms with van der Waals surface area (Å²) in [6.45, 7) is 4.79. The molecule has 0 fully saturated rings. The van der Waals surface area contributed by atoms with Gasteiger partial charge in [0.15, 0.2) is 0 Å². The molecule has 2 heterocycles. The highest BCUT2D eigenvalue weighted by molar-refractivity contribution is 7.09. The van der Waals surface area contributed by atoms with Crippen LogP contribution < -0.4 is 0 Å². The Bertz CT molecular complexity index is 491. The van der Waals surface area contributed by atoms with Crippen molar-refractivity contribution in [2.75, 3.05) is 0 Å². The van der Waals surface area contributed by atoms with E-state index in [4.69, 9.17) is 11.6 Å². The molecule has 0 amide bonds. The van der Waals surface area contributed by atoms with Gasteiger partial charge < -0.3 is 0 Å². The van der Waals surface area contributed by atoms with E-state index in [1.807, 2.05) is 23.9 Å². The van der Waals surface area contributed by atoms with Crippen LogP contribution in [-0.4, -0.2) is 19.7 Å². The van der Waals surface area contributed by atoms with Gasteiger partial charge in [-0.2, -0.15) is 5.10 Å². The molecule has 4 nitrogen and oxygen atoms in total. The first-order chi connectivity index (χ1) is 8.19. The molecule has 2 aromatic rings. The lowest BCUT2D eigenvalue weighted by molar-refractivity contribution is 0.559. The summed E-state index contributed by atoms with van der Waals surface area (Å²) in [6.07, 6.45) is 2.00. The van der Waals surface area contributed by atoms with Crippen LogP contribution in [0.15, 0.2) is 5.38 Å². The van der Waals surface area contributed by atoms with Crippen molar-refractivity contribution in [3.63, 3.8) is 0 Å². The maximum absolute atomic E-state index is 5.72. The number of rotatable bonds is 5. The van der Waals surface area contributed by atoms with E-state index in [1.165, 1.54) is 0 Å². The van der Waals surface area contributed by atoms with Crippen LogP contribution >= 0.6 is 22.9 Å². The van der Waals surface area contributed by atoms with Crippen LogP contribution in [0.1, 0.15) is 28.8 Å². The Kier molecular flexibility index (Phi) is 4.12. The lowest BCUT2D eigenvalue weighted by Crippen LogP contribution is -2.04. The van der Waals surface area contributed by atoms with Gasteiger partial charge in [0.25, 0.3) is 0 Å². The lowest BCUT2D eigenvalue weighted by Gasteiger charge is -2.01.